The molecular weight excluding hydrogens is 310 g/mol. The molecule has 23 heavy (non-hydrogen) atoms. The van der Waals surface area contributed by atoms with Gasteiger partial charge in [-0.1, -0.05) is 0 Å². The number of methoxy groups -OCH3 is 3. The van der Waals surface area contributed by atoms with E-state index in [1.165, 1.54) is 16.0 Å². The van der Waals surface area contributed by atoms with E-state index in [1.807, 2.05) is 23.5 Å². The molecule has 2 heterocycles. The second-order valence-electron chi connectivity index (χ2n) is 5.74. The molecule has 0 amide bonds. The number of hydrogen-bond donors (Lipinski definition) is 0. The van der Waals surface area contributed by atoms with Crippen molar-refractivity contribution in [3.05, 3.63) is 39.6 Å². The molecular formula is C18H23NO3S. The Balaban J connectivity index is 1.86. The van der Waals surface area contributed by atoms with Crippen LogP contribution in [-0.4, -0.2) is 32.8 Å². The van der Waals surface area contributed by atoms with Crippen LogP contribution in [0, 0.1) is 0 Å². The van der Waals surface area contributed by atoms with Gasteiger partial charge in [0.25, 0.3) is 0 Å². The van der Waals surface area contributed by atoms with Crippen LogP contribution in [0.25, 0.3) is 0 Å². The van der Waals surface area contributed by atoms with Crippen LogP contribution in [0.5, 0.6) is 17.2 Å². The number of rotatable bonds is 5. The summed E-state index contributed by atoms with van der Waals surface area (Å²) in [5.41, 5.74) is 2.68. The topological polar surface area (TPSA) is 30.9 Å². The molecule has 0 saturated heterocycles. The van der Waals surface area contributed by atoms with Gasteiger partial charge in [0.1, 0.15) is 0 Å². The third-order valence-electron chi connectivity index (χ3n) is 4.49. The zero-order chi connectivity index (χ0) is 16.4. The molecule has 4 nitrogen and oxygen atoms in total. The molecule has 3 rings (SSSR count). The Morgan fingerprint density at radius 1 is 1.13 bits per heavy atom. The SMILES string of the molecule is COc1cc(CN2CCc3ccsc3C2C)cc(OC)c1OC. The average molecular weight is 333 g/mol. The zero-order valence-corrected chi connectivity index (χ0v) is 14.9. The highest BCUT2D eigenvalue weighted by Gasteiger charge is 2.25. The molecule has 0 N–H and O–H groups in total. The Morgan fingerprint density at radius 2 is 1.83 bits per heavy atom. The van der Waals surface area contributed by atoms with Crippen LogP contribution in [0.4, 0.5) is 0 Å². The quantitative estimate of drug-likeness (QED) is 0.830. The number of nitrogens with zero attached hydrogens (tertiary/aromatic N) is 1. The minimum Gasteiger partial charge on any atom is -0.493 e. The first-order chi connectivity index (χ1) is 11.2. The maximum atomic E-state index is 5.46. The van der Waals surface area contributed by atoms with Crippen LogP contribution in [0.15, 0.2) is 23.6 Å². The van der Waals surface area contributed by atoms with Gasteiger partial charge in [0.05, 0.1) is 21.3 Å². The second kappa shape index (κ2) is 6.81. The van der Waals surface area contributed by atoms with Gasteiger partial charge >= 0.3 is 0 Å². The van der Waals surface area contributed by atoms with E-state index in [-0.39, 0.29) is 0 Å². The summed E-state index contributed by atoms with van der Waals surface area (Å²) in [5, 5.41) is 2.20. The summed E-state index contributed by atoms with van der Waals surface area (Å²) in [6.45, 7) is 4.23. The number of hydrogen-bond acceptors (Lipinski definition) is 5. The monoisotopic (exact) mass is 333 g/mol. The number of benzene rings is 1. The van der Waals surface area contributed by atoms with E-state index in [0.717, 1.165) is 19.5 Å². The fraction of sp³-hybridized carbons (Fsp3) is 0.444. The second-order valence-corrected chi connectivity index (χ2v) is 6.69. The minimum atomic E-state index is 0.442. The third kappa shape index (κ3) is 3.03. The molecule has 2 aromatic rings. The van der Waals surface area contributed by atoms with E-state index in [0.29, 0.717) is 23.3 Å². The first-order valence-corrected chi connectivity index (χ1v) is 8.65. The lowest BCUT2D eigenvalue weighted by atomic mass is 10.0. The van der Waals surface area contributed by atoms with Crippen LogP contribution in [0.2, 0.25) is 0 Å². The lowest BCUT2D eigenvalue weighted by Crippen LogP contribution is -2.32. The standard InChI is InChI=1S/C18H23NO3S/c1-12-18-14(6-8-23-18)5-7-19(12)11-13-9-15(20-2)17(22-4)16(10-13)21-3/h6,8-10,12H,5,7,11H2,1-4H3. The van der Waals surface area contributed by atoms with Crippen LogP contribution in [-0.2, 0) is 13.0 Å². The Bertz CT molecular complexity index is 658. The van der Waals surface area contributed by atoms with Gasteiger partial charge in [-0.3, -0.25) is 4.90 Å². The molecule has 1 atom stereocenters. The van der Waals surface area contributed by atoms with Gasteiger partial charge in [-0.15, -0.1) is 11.3 Å². The Labute approximate surface area is 141 Å². The van der Waals surface area contributed by atoms with Crippen molar-refractivity contribution in [3.8, 4) is 17.2 Å². The summed E-state index contributed by atoms with van der Waals surface area (Å²) in [7, 11) is 4.94. The molecule has 5 heteroatoms. The third-order valence-corrected chi connectivity index (χ3v) is 5.62. The van der Waals surface area contributed by atoms with Gasteiger partial charge in [-0.25, -0.2) is 0 Å². The molecule has 1 aromatic carbocycles. The average Bonchev–Trinajstić information content (AvgIpc) is 3.05. The summed E-state index contributed by atoms with van der Waals surface area (Å²) >= 11 is 1.86. The molecule has 0 spiro atoms. The van der Waals surface area contributed by atoms with Crippen molar-refractivity contribution in [1.29, 1.82) is 0 Å². The first kappa shape index (κ1) is 16.1. The van der Waals surface area contributed by atoms with E-state index >= 15 is 0 Å². The van der Waals surface area contributed by atoms with E-state index in [9.17, 15) is 0 Å². The minimum absolute atomic E-state index is 0.442. The molecule has 0 radical (unpaired) electrons. The lowest BCUT2D eigenvalue weighted by molar-refractivity contribution is 0.192. The van der Waals surface area contributed by atoms with E-state index < -0.39 is 0 Å². The summed E-state index contributed by atoms with van der Waals surface area (Å²) < 4.78 is 16.3. The molecule has 0 saturated carbocycles. The van der Waals surface area contributed by atoms with E-state index in [4.69, 9.17) is 14.2 Å². The van der Waals surface area contributed by atoms with Crippen LogP contribution >= 0.6 is 11.3 Å². The van der Waals surface area contributed by atoms with Gasteiger partial charge in [0.15, 0.2) is 11.5 Å². The van der Waals surface area contributed by atoms with Crippen molar-refractivity contribution >= 4 is 11.3 Å². The first-order valence-electron chi connectivity index (χ1n) is 7.77. The molecule has 0 bridgehead atoms. The number of fused-ring (bicyclic) bond motifs is 1. The highest BCUT2D eigenvalue weighted by molar-refractivity contribution is 7.10. The van der Waals surface area contributed by atoms with Gasteiger partial charge in [-0.2, -0.15) is 0 Å². The van der Waals surface area contributed by atoms with Crippen molar-refractivity contribution in [2.45, 2.75) is 25.9 Å². The number of ether oxygens (including phenoxy) is 3. The molecule has 1 aromatic heterocycles. The Hall–Kier alpha value is -1.72. The maximum Gasteiger partial charge on any atom is 0.203 e. The van der Waals surface area contributed by atoms with Crippen LogP contribution in [0.1, 0.15) is 29.0 Å². The lowest BCUT2D eigenvalue weighted by Gasteiger charge is -2.33. The summed E-state index contributed by atoms with van der Waals surface area (Å²) in [5.74, 6) is 2.07. The van der Waals surface area contributed by atoms with Gasteiger partial charge in [0.2, 0.25) is 5.75 Å². The smallest absolute Gasteiger partial charge is 0.203 e. The van der Waals surface area contributed by atoms with Crippen molar-refractivity contribution < 1.29 is 14.2 Å². The fourth-order valence-corrected chi connectivity index (χ4v) is 4.27. The normalized spacial score (nSPS) is 17.7. The Morgan fingerprint density at radius 3 is 2.43 bits per heavy atom. The summed E-state index contributed by atoms with van der Waals surface area (Å²) in [6, 6.07) is 6.78. The van der Waals surface area contributed by atoms with Crippen LogP contribution in [0.3, 0.4) is 0 Å². The Kier molecular flexibility index (Phi) is 4.78. The molecule has 1 aliphatic rings. The highest BCUT2D eigenvalue weighted by Crippen LogP contribution is 2.40. The van der Waals surface area contributed by atoms with Crippen molar-refractivity contribution in [2.75, 3.05) is 27.9 Å². The fourth-order valence-electron chi connectivity index (χ4n) is 3.22. The zero-order valence-electron chi connectivity index (χ0n) is 14.1. The largest absolute Gasteiger partial charge is 0.493 e. The predicted octanol–water partition coefficient (Wildman–Crippen LogP) is 3.89. The van der Waals surface area contributed by atoms with Crippen molar-refractivity contribution in [2.24, 2.45) is 0 Å². The van der Waals surface area contributed by atoms with Crippen molar-refractivity contribution in [1.82, 2.24) is 4.90 Å². The number of thiophene rings is 1. The molecule has 1 aliphatic heterocycles. The summed E-state index contributed by atoms with van der Waals surface area (Å²) in [4.78, 5) is 3.99. The van der Waals surface area contributed by atoms with E-state index in [2.05, 4.69) is 23.3 Å². The molecule has 124 valence electrons. The highest BCUT2D eigenvalue weighted by atomic mass is 32.1. The molecule has 0 aliphatic carbocycles. The van der Waals surface area contributed by atoms with Gasteiger partial charge in [-0.05, 0) is 48.1 Å². The summed E-state index contributed by atoms with van der Waals surface area (Å²) in [6.07, 6.45) is 1.12. The van der Waals surface area contributed by atoms with Gasteiger partial charge in [0, 0.05) is 24.0 Å². The van der Waals surface area contributed by atoms with E-state index in [1.54, 1.807) is 21.3 Å². The molecule has 1 unspecified atom stereocenters. The predicted molar refractivity (Wildman–Crippen MR) is 92.9 cm³/mol. The molecule has 0 fully saturated rings. The maximum absolute atomic E-state index is 5.46. The van der Waals surface area contributed by atoms with Crippen molar-refractivity contribution in [3.63, 3.8) is 0 Å². The van der Waals surface area contributed by atoms with Crippen LogP contribution < -0.4 is 14.2 Å². The van der Waals surface area contributed by atoms with Gasteiger partial charge < -0.3 is 14.2 Å².